The number of aryl methyl sites for hydroxylation is 2. The van der Waals surface area contributed by atoms with Crippen LogP contribution < -0.4 is 5.56 Å². The van der Waals surface area contributed by atoms with Crippen LogP contribution in [-0.4, -0.2) is 15.3 Å². The SMILES string of the molecule is Cc1cc2c(Br)cc(C3CCC(C)(O)CC3)cc2n(C)c1=O. The fourth-order valence-electron chi connectivity index (χ4n) is 3.51. The van der Waals surface area contributed by atoms with Crippen LogP contribution in [0.1, 0.15) is 49.7 Å². The second kappa shape index (κ2) is 5.50. The topological polar surface area (TPSA) is 42.2 Å². The van der Waals surface area contributed by atoms with E-state index in [-0.39, 0.29) is 5.56 Å². The van der Waals surface area contributed by atoms with Crippen LogP contribution in [0.4, 0.5) is 0 Å². The highest BCUT2D eigenvalue weighted by atomic mass is 79.9. The number of aliphatic hydroxyl groups is 1. The highest BCUT2D eigenvalue weighted by Gasteiger charge is 2.29. The number of pyridine rings is 1. The summed E-state index contributed by atoms with van der Waals surface area (Å²) in [6, 6.07) is 6.28. The summed E-state index contributed by atoms with van der Waals surface area (Å²) < 4.78 is 2.77. The molecule has 118 valence electrons. The van der Waals surface area contributed by atoms with Gasteiger partial charge >= 0.3 is 0 Å². The van der Waals surface area contributed by atoms with E-state index >= 15 is 0 Å². The van der Waals surface area contributed by atoms with Crippen molar-refractivity contribution in [1.82, 2.24) is 4.57 Å². The number of aromatic nitrogens is 1. The first-order valence-electron chi connectivity index (χ1n) is 7.81. The third-order valence-electron chi connectivity index (χ3n) is 5.03. The van der Waals surface area contributed by atoms with Gasteiger partial charge in [0.05, 0.1) is 11.1 Å². The van der Waals surface area contributed by atoms with Crippen LogP contribution >= 0.6 is 15.9 Å². The Hall–Kier alpha value is -1.13. The molecule has 1 heterocycles. The van der Waals surface area contributed by atoms with Crippen LogP contribution in [0.15, 0.2) is 27.5 Å². The average Bonchev–Trinajstić information content (AvgIpc) is 2.46. The van der Waals surface area contributed by atoms with E-state index in [1.54, 1.807) is 4.57 Å². The van der Waals surface area contributed by atoms with E-state index in [0.29, 0.717) is 5.92 Å². The monoisotopic (exact) mass is 363 g/mol. The first-order valence-corrected chi connectivity index (χ1v) is 8.60. The maximum atomic E-state index is 12.2. The van der Waals surface area contributed by atoms with Gasteiger partial charge < -0.3 is 9.67 Å². The summed E-state index contributed by atoms with van der Waals surface area (Å²) in [4.78, 5) is 12.2. The molecule has 1 saturated carbocycles. The number of nitrogens with zero attached hydrogens (tertiary/aromatic N) is 1. The van der Waals surface area contributed by atoms with Crippen LogP contribution in [0, 0.1) is 6.92 Å². The summed E-state index contributed by atoms with van der Waals surface area (Å²) >= 11 is 3.66. The molecule has 0 aliphatic heterocycles. The Balaban J connectivity index is 2.08. The van der Waals surface area contributed by atoms with E-state index in [0.717, 1.165) is 46.6 Å². The number of rotatable bonds is 1. The van der Waals surface area contributed by atoms with Gasteiger partial charge in [0.25, 0.3) is 5.56 Å². The lowest BCUT2D eigenvalue weighted by atomic mass is 9.77. The molecule has 1 aliphatic rings. The minimum absolute atomic E-state index is 0.0585. The first-order chi connectivity index (χ1) is 10.3. The zero-order chi connectivity index (χ0) is 16.1. The van der Waals surface area contributed by atoms with Crippen LogP contribution in [0.2, 0.25) is 0 Å². The summed E-state index contributed by atoms with van der Waals surface area (Å²) in [7, 11) is 1.83. The van der Waals surface area contributed by atoms with Gasteiger partial charge in [0.15, 0.2) is 0 Å². The van der Waals surface area contributed by atoms with Crippen molar-refractivity contribution in [3.8, 4) is 0 Å². The summed E-state index contributed by atoms with van der Waals surface area (Å²) in [5.41, 5.74) is 2.53. The van der Waals surface area contributed by atoms with Crippen molar-refractivity contribution in [2.24, 2.45) is 7.05 Å². The van der Waals surface area contributed by atoms with Gasteiger partial charge in [-0.15, -0.1) is 0 Å². The van der Waals surface area contributed by atoms with Crippen LogP contribution in [0.3, 0.4) is 0 Å². The second-order valence-corrected chi connectivity index (χ2v) is 7.75. The van der Waals surface area contributed by atoms with Crippen LogP contribution in [0.25, 0.3) is 10.9 Å². The molecule has 0 radical (unpaired) electrons. The fourth-order valence-corrected chi connectivity index (χ4v) is 4.09. The summed E-state index contributed by atoms with van der Waals surface area (Å²) in [6.07, 6.45) is 3.65. The largest absolute Gasteiger partial charge is 0.390 e. The van der Waals surface area contributed by atoms with Crippen molar-refractivity contribution in [3.05, 3.63) is 44.2 Å². The summed E-state index contributed by atoms with van der Waals surface area (Å²) in [5, 5.41) is 11.2. The zero-order valence-electron chi connectivity index (χ0n) is 13.3. The van der Waals surface area contributed by atoms with E-state index in [9.17, 15) is 9.90 Å². The molecule has 1 aromatic heterocycles. The van der Waals surface area contributed by atoms with Gasteiger partial charge in [0.2, 0.25) is 0 Å². The molecule has 0 amide bonds. The third kappa shape index (κ3) is 2.74. The molecule has 3 nitrogen and oxygen atoms in total. The lowest BCUT2D eigenvalue weighted by molar-refractivity contribution is 0.0172. The van der Waals surface area contributed by atoms with Crippen molar-refractivity contribution in [2.45, 2.75) is 51.0 Å². The Labute approximate surface area is 139 Å². The van der Waals surface area contributed by atoms with Crippen LogP contribution in [0.5, 0.6) is 0 Å². The number of hydrogen-bond donors (Lipinski definition) is 1. The molecule has 0 unspecified atom stereocenters. The molecule has 1 fully saturated rings. The normalized spacial score (nSPS) is 25.6. The smallest absolute Gasteiger partial charge is 0.253 e. The van der Waals surface area contributed by atoms with Gasteiger partial charge in [-0.3, -0.25) is 4.79 Å². The van der Waals surface area contributed by atoms with E-state index < -0.39 is 5.60 Å². The number of halogens is 1. The Kier molecular flexibility index (Phi) is 3.94. The molecule has 0 saturated heterocycles. The van der Waals surface area contributed by atoms with Gasteiger partial charge in [-0.1, -0.05) is 15.9 Å². The molecule has 0 bridgehead atoms. The maximum Gasteiger partial charge on any atom is 0.253 e. The van der Waals surface area contributed by atoms with E-state index in [2.05, 4.69) is 28.1 Å². The van der Waals surface area contributed by atoms with E-state index in [4.69, 9.17) is 0 Å². The standard InChI is InChI=1S/C18H22BrNO2/c1-11-8-14-15(19)9-13(10-16(14)20(3)17(11)21)12-4-6-18(2,22)7-5-12/h8-10,12,22H,4-7H2,1-3H3. The number of benzene rings is 1. The molecule has 0 spiro atoms. The molecular formula is C18H22BrNO2. The fraction of sp³-hybridized carbons (Fsp3) is 0.500. The van der Waals surface area contributed by atoms with Gasteiger partial charge in [-0.25, -0.2) is 0 Å². The van der Waals surface area contributed by atoms with Gasteiger partial charge in [-0.2, -0.15) is 0 Å². The summed E-state index contributed by atoms with van der Waals surface area (Å²) in [6.45, 7) is 3.78. The minimum atomic E-state index is -0.519. The molecule has 1 aliphatic carbocycles. The van der Waals surface area contributed by atoms with Crippen molar-refractivity contribution in [1.29, 1.82) is 0 Å². The molecule has 4 heteroatoms. The maximum absolute atomic E-state index is 12.2. The van der Waals surface area contributed by atoms with Crippen molar-refractivity contribution < 1.29 is 5.11 Å². The molecule has 3 rings (SSSR count). The molecule has 22 heavy (non-hydrogen) atoms. The van der Waals surface area contributed by atoms with E-state index in [1.807, 2.05) is 27.0 Å². The van der Waals surface area contributed by atoms with Crippen LogP contribution in [-0.2, 0) is 7.05 Å². The zero-order valence-corrected chi connectivity index (χ0v) is 14.9. The average molecular weight is 364 g/mol. The summed E-state index contributed by atoms with van der Waals surface area (Å²) in [5.74, 6) is 0.456. The number of hydrogen-bond acceptors (Lipinski definition) is 2. The van der Waals surface area contributed by atoms with Gasteiger partial charge in [0.1, 0.15) is 0 Å². The molecule has 1 N–H and O–H groups in total. The highest BCUT2D eigenvalue weighted by Crippen LogP contribution is 2.39. The molecule has 2 aromatic rings. The number of fused-ring (bicyclic) bond motifs is 1. The first kappa shape index (κ1) is 15.8. The van der Waals surface area contributed by atoms with Gasteiger partial charge in [0, 0.05) is 22.5 Å². The Morgan fingerprint density at radius 3 is 2.55 bits per heavy atom. The highest BCUT2D eigenvalue weighted by molar-refractivity contribution is 9.10. The lowest BCUT2D eigenvalue weighted by Crippen LogP contribution is -2.29. The Bertz CT molecular complexity index is 782. The van der Waals surface area contributed by atoms with Gasteiger partial charge in [-0.05, 0) is 69.2 Å². The quantitative estimate of drug-likeness (QED) is 0.831. The molecule has 0 atom stereocenters. The second-order valence-electron chi connectivity index (χ2n) is 6.90. The van der Waals surface area contributed by atoms with Crippen molar-refractivity contribution in [3.63, 3.8) is 0 Å². The van der Waals surface area contributed by atoms with Crippen molar-refractivity contribution >= 4 is 26.8 Å². The predicted molar refractivity (Wildman–Crippen MR) is 93.5 cm³/mol. The Morgan fingerprint density at radius 2 is 1.91 bits per heavy atom. The minimum Gasteiger partial charge on any atom is -0.390 e. The predicted octanol–water partition coefficient (Wildman–Crippen LogP) is 4.02. The molecular weight excluding hydrogens is 342 g/mol. The third-order valence-corrected chi connectivity index (χ3v) is 5.68. The lowest BCUT2D eigenvalue weighted by Gasteiger charge is -2.33. The Morgan fingerprint density at radius 1 is 1.27 bits per heavy atom. The van der Waals surface area contributed by atoms with E-state index in [1.165, 1.54) is 5.56 Å². The molecule has 1 aromatic carbocycles. The van der Waals surface area contributed by atoms with Crippen molar-refractivity contribution in [2.75, 3.05) is 0 Å².